The molecule has 3 nitrogen and oxygen atoms in total. The first-order chi connectivity index (χ1) is 9.61. The van der Waals surface area contributed by atoms with Gasteiger partial charge in [0.1, 0.15) is 5.75 Å². The number of ether oxygens (including phenoxy) is 1. The third-order valence-electron chi connectivity index (χ3n) is 2.78. The van der Waals surface area contributed by atoms with E-state index < -0.39 is 11.8 Å². The third-order valence-corrected chi connectivity index (χ3v) is 3.27. The van der Waals surface area contributed by atoms with Gasteiger partial charge < -0.3 is 4.74 Å². The van der Waals surface area contributed by atoms with Crippen molar-refractivity contribution >= 4 is 27.7 Å². The molecule has 0 atom stereocenters. The number of Topliss-reactive ketones (excluding diaryl/α,β-unsaturated/α-hetero) is 1. The third kappa shape index (κ3) is 3.33. The van der Waals surface area contributed by atoms with E-state index in [0.29, 0.717) is 5.75 Å². The van der Waals surface area contributed by atoms with E-state index in [4.69, 9.17) is 4.74 Å². The van der Waals surface area contributed by atoms with Crippen molar-refractivity contribution in [3.05, 3.63) is 53.0 Å². The summed E-state index contributed by atoms with van der Waals surface area (Å²) in [6.45, 7) is 1.63. The van der Waals surface area contributed by atoms with Crippen LogP contribution in [0.1, 0.15) is 13.3 Å². The molecule has 2 aromatic carbocycles. The lowest BCUT2D eigenvalue weighted by Gasteiger charge is -2.10. The number of esters is 1. The number of carbonyl (C=O) groups is 2. The van der Waals surface area contributed by atoms with Crippen LogP contribution in [0.15, 0.2) is 53.0 Å². The first kappa shape index (κ1) is 14.5. The molecule has 0 aliphatic rings. The summed E-state index contributed by atoms with van der Waals surface area (Å²) in [5.74, 6) is -0.996. The Morgan fingerprint density at radius 1 is 1.10 bits per heavy atom. The quantitative estimate of drug-likeness (QED) is 0.483. The van der Waals surface area contributed by atoms with Crippen LogP contribution in [0.25, 0.3) is 11.1 Å². The fourth-order valence-electron chi connectivity index (χ4n) is 1.74. The highest BCUT2D eigenvalue weighted by molar-refractivity contribution is 9.10. The minimum absolute atomic E-state index is 0.132. The molecule has 0 aromatic heterocycles. The average molecular weight is 333 g/mol. The van der Waals surface area contributed by atoms with Crippen LogP contribution in [0, 0.1) is 0 Å². The number of carbonyl (C=O) groups excluding carboxylic acids is 2. The molecule has 0 saturated heterocycles. The van der Waals surface area contributed by atoms with E-state index in [-0.39, 0.29) is 6.42 Å². The Labute approximate surface area is 125 Å². The van der Waals surface area contributed by atoms with Crippen LogP contribution in [0.3, 0.4) is 0 Å². The summed E-state index contributed by atoms with van der Waals surface area (Å²) in [5, 5.41) is 0. The molecule has 0 radical (unpaired) electrons. The van der Waals surface area contributed by atoms with Crippen molar-refractivity contribution in [2.45, 2.75) is 13.3 Å². The molecule has 0 saturated carbocycles. The van der Waals surface area contributed by atoms with Gasteiger partial charge in [-0.2, -0.15) is 0 Å². The predicted octanol–water partition coefficient (Wildman–Crippen LogP) is 4.00. The normalized spacial score (nSPS) is 10.1. The molecule has 0 bridgehead atoms. The van der Waals surface area contributed by atoms with E-state index in [1.54, 1.807) is 13.0 Å². The summed E-state index contributed by atoms with van der Waals surface area (Å²) in [6.07, 6.45) is 0.132. The number of hydrogen-bond donors (Lipinski definition) is 0. The Morgan fingerprint density at radius 3 is 2.45 bits per heavy atom. The zero-order valence-electron chi connectivity index (χ0n) is 10.9. The smallest absolute Gasteiger partial charge is 0.379 e. The molecule has 0 fully saturated rings. The number of rotatable bonds is 4. The summed E-state index contributed by atoms with van der Waals surface area (Å²) >= 11 is 3.34. The van der Waals surface area contributed by atoms with Crippen LogP contribution in [0.2, 0.25) is 0 Å². The van der Waals surface area contributed by atoms with E-state index in [9.17, 15) is 9.59 Å². The highest BCUT2D eigenvalue weighted by Crippen LogP contribution is 2.32. The van der Waals surface area contributed by atoms with Crippen molar-refractivity contribution in [1.29, 1.82) is 0 Å². The first-order valence-corrected chi connectivity index (χ1v) is 7.01. The van der Waals surface area contributed by atoms with Gasteiger partial charge in [-0.3, -0.25) is 4.79 Å². The van der Waals surface area contributed by atoms with Gasteiger partial charge in [0, 0.05) is 16.5 Å². The summed E-state index contributed by atoms with van der Waals surface area (Å²) in [4.78, 5) is 23.0. The fourth-order valence-corrected chi connectivity index (χ4v) is 2.08. The van der Waals surface area contributed by atoms with Crippen molar-refractivity contribution in [2.75, 3.05) is 0 Å². The lowest BCUT2D eigenvalue weighted by atomic mass is 10.0. The number of hydrogen-bond acceptors (Lipinski definition) is 3. The number of halogens is 1. The molecular weight excluding hydrogens is 320 g/mol. The minimum atomic E-state index is -0.831. The van der Waals surface area contributed by atoms with Crippen molar-refractivity contribution in [3.63, 3.8) is 0 Å². The molecule has 0 spiro atoms. The zero-order valence-corrected chi connectivity index (χ0v) is 12.5. The van der Waals surface area contributed by atoms with E-state index in [1.165, 1.54) is 0 Å². The van der Waals surface area contributed by atoms with E-state index in [1.807, 2.05) is 42.5 Å². The second-order valence-electron chi connectivity index (χ2n) is 4.17. The van der Waals surface area contributed by atoms with Crippen LogP contribution >= 0.6 is 15.9 Å². The molecule has 20 heavy (non-hydrogen) atoms. The zero-order chi connectivity index (χ0) is 14.5. The van der Waals surface area contributed by atoms with Crippen LogP contribution in [0.5, 0.6) is 5.75 Å². The van der Waals surface area contributed by atoms with Crippen LogP contribution in [0.4, 0.5) is 0 Å². The Morgan fingerprint density at radius 2 is 1.80 bits per heavy atom. The summed E-state index contributed by atoms with van der Waals surface area (Å²) in [6, 6.07) is 14.9. The lowest BCUT2D eigenvalue weighted by Crippen LogP contribution is -2.19. The maximum Gasteiger partial charge on any atom is 0.379 e. The molecule has 0 aliphatic heterocycles. The Kier molecular flexibility index (Phi) is 4.69. The standard InChI is InChI=1S/C16H13BrO3/c1-2-14(18)16(19)20-15-10-12(17)8-9-13(15)11-6-4-3-5-7-11/h3-10H,2H2,1H3. The molecular formula is C16H13BrO3. The van der Waals surface area contributed by atoms with Crippen molar-refractivity contribution < 1.29 is 14.3 Å². The van der Waals surface area contributed by atoms with Crippen LogP contribution in [-0.4, -0.2) is 11.8 Å². The van der Waals surface area contributed by atoms with E-state index >= 15 is 0 Å². The first-order valence-electron chi connectivity index (χ1n) is 6.21. The largest absolute Gasteiger partial charge is 0.420 e. The molecule has 0 aliphatic carbocycles. The van der Waals surface area contributed by atoms with E-state index in [2.05, 4.69) is 15.9 Å². The lowest BCUT2D eigenvalue weighted by molar-refractivity contribution is -0.146. The molecule has 0 N–H and O–H groups in total. The molecule has 2 aromatic rings. The Balaban J connectivity index is 2.39. The van der Waals surface area contributed by atoms with E-state index in [0.717, 1.165) is 15.6 Å². The summed E-state index contributed by atoms with van der Waals surface area (Å²) in [7, 11) is 0. The minimum Gasteiger partial charge on any atom is -0.420 e. The molecule has 0 unspecified atom stereocenters. The summed E-state index contributed by atoms with van der Waals surface area (Å²) in [5.41, 5.74) is 1.69. The molecule has 0 amide bonds. The highest BCUT2D eigenvalue weighted by atomic mass is 79.9. The predicted molar refractivity (Wildman–Crippen MR) is 80.5 cm³/mol. The van der Waals surface area contributed by atoms with Gasteiger partial charge in [0.15, 0.2) is 0 Å². The maximum atomic E-state index is 11.7. The van der Waals surface area contributed by atoms with Crippen molar-refractivity contribution in [3.8, 4) is 16.9 Å². The van der Waals surface area contributed by atoms with Crippen molar-refractivity contribution in [2.24, 2.45) is 0 Å². The van der Waals surface area contributed by atoms with Gasteiger partial charge in [-0.15, -0.1) is 0 Å². The summed E-state index contributed by atoms with van der Waals surface area (Å²) < 4.78 is 6.00. The van der Waals surface area contributed by atoms with Gasteiger partial charge >= 0.3 is 5.97 Å². The van der Waals surface area contributed by atoms with Gasteiger partial charge in [0.05, 0.1) is 0 Å². The second kappa shape index (κ2) is 6.48. The van der Waals surface area contributed by atoms with Gasteiger partial charge in [0.2, 0.25) is 5.78 Å². The molecule has 4 heteroatoms. The van der Waals surface area contributed by atoms with Crippen LogP contribution < -0.4 is 4.74 Å². The molecule has 0 heterocycles. The fraction of sp³-hybridized carbons (Fsp3) is 0.125. The topological polar surface area (TPSA) is 43.4 Å². The number of benzene rings is 2. The Hall–Kier alpha value is -1.94. The molecule has 102 valence electrons. The van der Waals surface area contributed by atoms with Gasteiger partial charge in [-0.1, -0.05) is 53.2 Å². The SMILES string of the molecule is CCC(=O)C(=O)Oc1cc(Br)ccc1-c1ccccc1. The Bertz CT molecular complexity index is 635. The molecule has 2 rings (SSSR count). The van der Waals surface area contributed by atoms with Crippen LogP contribution in [-0.2, 0) is 9.59 Å². The number of ketones is 1. The van der Waals surface area contributed by atoms with Gasteiger partial charge in [0.25, 0.3) is 0 Å². The monoisotopic (exact) mass is 332 g/mol. The second-order valence-corrected chi connectivity index (χ2v) is 5.09. The van der Waals surface area contributed by atoms with Gasteiger partial charge in [-0.05, 0) is 23.8 Å². The van der Waals surface area contributed by atoms with Gasteiger partial charge in [-0.25, -0.2) is 4.79 Å². The highest BCUT2D eigenvalue weighted by Gasteiger charge is 2.16. The maximum absolute atomic E-state index is 11.7. The van der Waals surface area contributed by atoms with Crippen molar-refractivity contribution in [1.82, 2.24) is 0 Å². The average Bonchev–Trinajstić information content (AvgIpc) is 2.47.